The molecule has 0 radical (unpaired) electrons. The molecule has 23 heavy (non-hydrogen) atoms. The van der Waals surface area contributed by atoms with Crippen molar-refractivity contribution in [2.45, 2.75) is 31.2 Å². The second kappa shape index (κ2) is 5.64. The summed E-state index contributed by atoms with van der Waals surface area (Å²) in [4.78, 5) is 31.2. The van der Waals surface area contributed by atoms with E-state index in [0.29, 0.717) is 45.3 Å². The van der Waals surface area contributed by atoms with E-state index >= 15 is 0 Å². The number of piperidine rings is 1. The Hall–Kier alpha value is -1.87. The van der Waals surface area contributed by atoms with Gasteiger partial charge in [-0.1, -0.05) is 6.08 Å². The molecular formula is C17H24N4O2. The number of likely N-dealkylation sites (tertiary alicyclic amines) is 1. The van der Waals surface area contributed by atoms with E-state index in [1.165, 1.54) is 0 Å². The molecule has 2 amide bonds. The molecule has 0 unspecified atom stereocenters. The van der Waals surface area contributed by atoms with Crippen LogP contribution < -0.4 is 0 Å². The lowest BCUT2D eigenvalue weighted by molar-refractivity contribution is -0.156. The van der Waals surface area contributed by atoms with Crippen LogP contribution in [0, 0.1) is 16.7 Å². The number of nitrogens with zero attached hydrogens (tertiary/aromatic N) is 4. The van der Waals surface area contributed by atoms with E-state index in [9.17, 15) is 14.9 Å². The maximum atomic E-state index is 12.9. The maximum absolute atomic E-state index is 12.9. The van der Waals surface area contributed by atoms with Gasteiger partial charge >= 0.3 is 0 Å². The number of carbonyl (C=O) groups excluding carboxylic acids is 2. The van der Waals surface area contributed by atoms with Crippen molar-refractivity contribution in [3.63, 3.8) is 0 Å². The number of hydrogen-bond donors (Lipinski definition) is 0. The minimum absolute atomic E-state index is 0.0382. The van der Waals surface area contributed by atoms with E-state index in [0.717, 1.165) is 13.1 Å². The smallest absolute Gasteiger partial charge is 0.243 e. The van der Waals surface area contributed by atoms with Crippen molar-refractivity contribution in [2.75, 3.05) is 39.8 Å². The number of carbonyl (C=O) groups is 2. The van der Waals surface area contributed by atoms with Gasteiger partial charge in [-0.15, -0.1) is 6.58 Å². The first-order valence-electron chi connectivity index (χ1n) is 8.31. The molecule has 3 aliphatic rings. The quantitative estimate of drug-likeness (QED) is 0.716. The first-order chi connectivity index (χ1) is 11.0. The third kappa shape index (κ3) is 2.43. The fourth-order valence-corrected chi connectivity index (χ4v) is 3.85. The van der Waals surface area contributed by atoms with Gasteiger partial charge < -0.3 is 9.80 Å². The van der Waals surface area contributed by atoms with E-state index < -0.39 is 11.0 Å². The summed E-state index contributed by atoms with van der Waals surface area (Å²) in [7, 11) is 2.00. The maximum Gasteiger partial charge on any atom is 0.243 e. The van der Waals surface area contributed by atoms with Crippen LogP contribution in [0.25, 0.3) is 0 Å². The lowest BCUT2D eigenvalue weighted by atomic mass is 9.82. The fraction of sp³-hybridized carbons (Fsp3) is 0.706. The van der Waals surface area contributed by atoms with E-state index in [2.05, 4.69) is 17.5 Å². The second-order valence-corrected chi connectivity index (χ2v) is 6.98. The summed E-state index contributed by atoms with van der Waals surface area (Å²) in [6, 6.07) is 2.17. The Morgan fingerprint density at radius 3 is 2.43 bits per heavy atom. The average Bonchev–Trinajstić information content (AvgIpc) is 3.37. The van der Waals surface area contributed by atoms with Crippen molar-refractivity contribution in [3.8, 4) is 6.07 Å². The number of amides is 2. The predicted octanol–water partition coefficient (Wildman–Crippen LogP) is 0.611. The highest BCUT2D eigenvalue weighted by Crippen LogP contribution is 2.47. The van der Waals surface area contributed by atoms with Crippen molar-refractivity contribution < 1.29 is 9.59 Å². The molecule has 124 valence electrons. The second-order valence-electron chi connectivity index (χ2n) is 6.98. The standard InChI is InChI=1S/C17H24N4O2/c1-3-8-20-12-11-19(2)17(15(20)23)6-9-21(10-7-17)14(22)16(13-18)4-5-16/h3H,1,4-12H2,2H3. The summed E-state index contributed by atoms with van der Waals surface area (Å²) < 4.78 is 0. The lowest BCUT2D eigenvalue weighted by Crippen LogP contribution is -2.68. The molecule has 2 aliphatic heterocycles. The zero-order valence-electron chi connectivity index (χ0n) is 13.8. The zero-order valence-corrected chi connectivity index (χ0v) is 13.8. The van der Waals surface area contributed by atoms with E-state index in [4.69, 9.17) is 0 Å². The van der Waals surface area contributed by atoms with E-state index in [1.807, 2.05) is 11.9 Å². The molecule has 0 aromatic heterocycles. The van der Waals surface area contributed by atoms with E-state index in [1.54, 1.807) is 11.0 Å². The SMILES string of the molecule is C=CCN1CCN(C)C2(CCN(C(=O)C3(C#N)CC3)CC2)C1=O. The third-order valence-electron chi connectivity index (χ3n) is 5.72. The van der Waals surface area contributed by atoms with Crippen LogP contribution in [0.4, 0.5) is 0 Å². The Balaban J connectivity index is 1.71. The van der Waals surface area contributed by atoms with Crippen LogP contribution >= 0.6 is 0 Å². The molecule has 1 aliphatic carbocycles. The van der Waals surface area contributed by atoms with Gasteiger partial charge in [0.2, 0.25) is 11.8 Å². The normalized spacial score (nSPS) is 26.0. The molecule has 2 saturated heterocycles. The number of likely N-dealkylation sites (N-methyl/N-ethyl adjacent to an activating group) is 1. The number of nitriles is 1. The van der Waals surface area contributed by atoms with Crippen LogP contribution in [-0.4, -0.2) is 71.8 Å². The minimum atomic E-state index is -0.762. The molecule has 3 fully saturated rings. The third-order valence-corrected chi connectivity index (χ3v) is 5.72. The first kappa shape index (κ1) is 16.0. The van der Waals surface area contributed by atoms with Crippen LogP contribution in [0.1, 0.15) is 25.7 Å². The average molecular weight is 316 g/mol. The molecule has 3 rings (SSSR count). The highest BCUT2D eigenvalue weighted by Gasteiger charge is 2.55. The number of piperazine rings is 1. The van der Waals surface area contributed by atoms with Crippen LogP contribution in [-0.2, 0) is 9.59 Å². The summed E-state index contributed by atoms with van der Waals surface area (Å²) in [5, 5.41) is 9.20. The van der Waals surface area contributed by atoms with Crippen molar-refractivity contribution in [1.82, 2.24) is 14.7 Å². The van der Waals surface area contributed by atoms with Crippen LogP contribution in [0.5, 0.6) is 0 Å². The van der Waals surface area contributed by atoms with Gasteiger partial charge in [0.15, 0.2) is 0 Å². The summed E-state index contributed by atoms with van der Waals surface area (Å²) >= 11 is 0. The molecule has 2 heterocycles. The van der Waals surface area contributed by atoms with Gasteiger partial charge in [0.25, 0.3) is 0 Å². The molecule has 6 nitrogen and oxygen atoms in total. The first-order valence-corrected chi connectivity index (χ1v) is 8.31. The predicted molar refractivity (Wildman–Crippen MR) is 85.2 cm³/mol. The minimum Gasteiger partial charge on any atom is -0.341 e. The van der Waals surface area contributed by atoms with Crippen molar-refractivity contribution in [3.05, 3.63) is 12.7 Å². The van der Waals surface area contributed by atoms with Gasteiger partial charge in [-0.2, -0.15) is 5.26 Å². The van der Waals surface area contributed by atoms with Crippen molar-refractivity contribution in [1.29, 1.82) is 5.26 Å². The topological polar surface area (TPSA) is 67.7 Å². The molecule has 0 bridgehead atoms. The molecule has 1 saturated carbocycles. The highest BCUT2D eigenvalue weighted by atomic mass is 16.2. The summed E-state index contributed by atoms with van der Waals surface area (Å²) in [6.07, 6.45) is 4.40. The molecule has 6 heteroatoms. The number of rotatable bonds is 3. The van der Waals surface area contributed by atoms with Crippen molar-refractivity contribution in [2.24, 2.45) is 5.41 Å². The molecule has 1 spiro atoms. The number of hydrogen-bond acceptors (Lipinski definition) is 4. The molecule has 0 N–H and O–H groups in total. The van der Waals surface area contributed by atoms with Crippen LogP contribution in [0.15, 0.2) is 12.7 Å². The van der Waals surface area contributed by atoms with Crippen LogP contribution in [0.2, 0.25) is 0 Å². The molecule has 0 aromatic carbocycles. The summed E-state index contributed by atoms with van der Waals surface area (Å²) in [5.74, 6) is 0.114. The van der Waals surface area contributed by atoms with Gasteiger partial charge in [-0.05, 0) is 32.7 Å². The lowest BCUT2D eigenvalue weighted by Gasteiger charge is -2.51. The Morgan fingerprint density at radius 1 is 1.26 bits per heavy atom. The zero-order chi connectivity index (χ0) is 16.7. The van der Waals surface area contributed by atoms with Gasteiger partial charge in [0.1, 0.15) is 11.0 Å². The van der Waals surface area contributed by atoms with Gasteiger partial charge in [-0.25, -0.2) is 0 Å². The molecule has 0 aromatic rings. The summed E-state index contributed by atoms with van der Waals surface area (Å²) in [5.41, 5.74) is -1.26. The summed E-state index contributed by atoms with van der Waals surface area (Å²) in [6.45, 7) is 6.99. The van der Waals surface area contributed by atoms with Gasteiger partial charge in [0.05, 0.1) is 6.07 Å². The fourth-order valence-electron chi connectivity index (χ4n) is 3.85. The Kier molecular flexibility index (Phi) is 3.93. The Bertz CT molecular complexity index is 568. The Morgan fingerprint density at radius 2 is 1.91 bits per heavy atom. The molecule has 0 atom stereocenters. The van der Waals surface area contributed by atoms with Crippen molar-refractivity contribution >= 4 is 11.8 Å². The van der Waals surface area contributed by atoms with Gasteiger partial charge in [-0.3, -0.25) is 14.5 Å². The largest absolute Gasteiger partial charge is 0.341 e. The monoisotopic (exact) mass is 316 g/mol. The van der Waals surface area contributed by atoms with Crippen LogP contribution in [0.3, 0.4) is 0 Å². The molecular weight excluding hydrogens is 292 g/mol. The Labute approximate surface area is 137 Å². The van der Waals surface area contributed by atoms with Gasteiger partial charge in [0, 0.05) is 32.7 Å². The highest BCUT2D eigenvalue weighted by molar-refractivity contribution is 5.90. The van der Waals surface area contributed by atoms with E-state index in [-0.39, 0.29) is 11.8 Å².